The first-order chi connectivity index (χ1) is 16.0. The first kappa shape index (κ1) is 20.7. The molecule has 162 valence electrons. The number of hydrogen-bond acceptors (Lipinski definition) is 6. The lowest BCUT2D eigenvalue weighted by Gasteiger charge is -2.19. The fourth-order valence-corrected chi connectivity index (χ4v) is 4.30. The lowest BCUT2D eigenvalue weighted by Crippen LogP contribution is -2.35. The molecule has 0 spiro atoms. The van der Waals surface area contributed by atoms with Crippen LogP contribution in [0.2, 0.25) is 0 Å². The Labute approximate surface area is 192 Å². The third-order valence-corrected chi connectivity index (χ3v) is 5.93. The van der Waals surface area contributed by atoms with Gasteiger partial charge in [-0.25, -0.2) is 4.79 Å². The number of carboxylic acids is 1. The fourth-order valence-electron chi connectivity index (χ4n) is 3.38. The zero-order valence-corrected chi connectivity index (χ0v) is 17.9. The summed E-state index contributed by atoms with van der Waals surface area (Å²) in [5, 5.41) is 24.5. The quantitative estimate of drug-likeness (QED) is 0.545. The molecule has 2 aliphatic heterocycles. The van der Waals surface area contributed by atoms with Gasteiger partial charge in [-0.15, -0.1) is 0 Å². The first-order valence-electron chi connectivity index (χ1n) is 9.94. The van der Waals surface area contributed by atoms with Crippen molar-refractivity contribution in [2.75, 3.05) is 0 Å². The zero-order chi connectivity index (χ0) is 22.9. The number of amidine groups is 2. The van der Waals surface area contributed by atoms with E-state index in [4.69, 9.17) is 14.9 Å². The van der Waals surface area contributed by atoms with Gasteiger partial charge in [-0.2, -0.15) is 15.1 Å². The predicted molar refractivity (Wildman–Crippen MR) is 126 cm³/mol. The molecule has 0 saturated heterocycles. The van der Waals surface area contributed by atoms with Gasteiger partial charge >= 0.3 is 5.97 Å². The molecule has 3 aromatic rings. The lowest BCUT2D eigenvalue weighted by molar-refractivity contribution is -0.114. The van der Waals surface area contributed by atoms with Crippen LogP contribution in [-0.4, -0.2) is 38.0 Å². The molecule has 5 rings (SSSR count). The number of furan rings is 1. The summed E-state index contributed by atoms with van der Waals surface area (Å²) >= 11 is 1.28. The summed E-state index contributed by atoms with van der Waals surface area (Å²) in [5.74, 6) is -0.713. The van der Waals surface area contributed by atoms with E-state index in [1.807, 2.05) is 30.3 Å². The van der Waals surface area contributed by atoms with Gasteiger partial charge in [-0.05, 0) is 47.7 Å². The molecule has 0 atom stereocenters. The van der Waals surface area contributed by atoms with E-state index < -0.39 is 11.9 Å². The summed E-state index contributed by atoms with van der Waals surface area (Å²) in [4.78, 5) is 27.7. The average molecular weight is 456 g/mol. The molecule has 1 amide bonds. The van der Waals surface area contributed by atoms with Gasteiger partial charge in [0.15, 0.2) is 5.84 Å². The van der Waals surface area contributed by atoms with Crippen molar-refractivity contribution < 1.29 is 19.1 Å². The standard InChI is InChI=1S/C24H16N4O4S/c25-21-18(13-17-10-11-19(32-17)15-6-8-16(9-7-15)23(30)31)22(29)26-24-28(21)27-20(33-24)12-14-4-2-1-3-5-14/h1-11,13,25H,12H2,(H,30,31)/b18-13-,25-21?. The Morgan fingerprint density at radius 2 is 1.85 bits per heavy atom. The van der Waals surface area contributed by atoms with Crippen LogP contribution in [0.3, 0.4) is 0 Å². The Balaban J connectivity index is 1.37. The van der Waals surface area contributed by atoms with Gasteiger partial charge in [0, 0.05) is 12.0 Å². The summed E-state index contributed by atoms with van der Waals surface area (Å²) in [6.45, 7) is 0. The highest BCUT2D eigenvalue weighted by atomic mass is 32.2. The van der Waals surface area contributed by atoms with E-state index in [-0.39, 0.29) is 17.0 Å². The second-order valence-corrected chi connectivity index (χ2v) is 8.30. The van der Waals surface area contributed by atoms with E-state index in [1.165, 1.54) is 35.0 Å². The number of fused-ring (bicyclic) bond motifs is 1. The molecule has 0 fully saturated rings. The molecule has 3 heterocycles. The number of carbonyl (C=O) groups is 2. The average Bonchev–Trinajstić information content (AvgIpc) is 3.44. The monoisotopic (exact) mass is 456 g/mol. The first-order valence-corrected chi connectivity index (χ1v) is 10.8. The van der Waals surface area contributed by atoms with E-state index in [0.717, 1.165) is 10.6 Å². The minimum Gasteiger partial charge on any atom is -0.478 e. The SMILES string of the molecule is N=C1/C(=C/c2ccc(-c3ccc(C(=O)O)cc3)o2)C(=O)N=C2SC(Cc3ccccc3)=NN12. The summed E-state index contributed by atoms with van der Waals surface area (Å²) in [6.07, 6.45) is 2.05. The second-order valence-electron chi connectivity index (χ2n) is 7.26. The lowest BCUT2D eigenvalue weighted by atomic mass is 10.1. The van der Waals surface area contributed by atoms with E-state index >= 15 is 0 Å². The number of nitrogens with zero attached hydrogens (tertiary/aromatic N) is 3. The molecule has 0 aliphatic carbocycles. The summed E-state index contributed by atoms with van der Waals surface area (Å²) in [6, 6.07) is 19.5. The molecule has 2 N–H and O–H groups in total. The Kier molecular flexibility index (Phi) is 5.23. The second kappa shape index (κ2) is 8.36. The van der Waals surface area contributed by atoms with Crippen LogP contribution in [0.1, 0.15) is 21.7 Å². The molecule has 9 heteroatoms. The highest BCUT2D eigenvalue weighted by Crippen LogP contribution is 2.30. The Morgan fingerprint density at radius 1 is 1.09 bits per heavy atom. The van der Waals surface area contributed by atoms with E-state index in [1.54, 1.807) is 24.3 Å². The van der Waals surface area contributed by atoms with Crippen LogP contribution in [0.25, 0.3) is 17.4 Å². The van der Waals surface area contributed by atoms with Crippen LogP contribution in [0.5, 0.6) is 0 Å². The molecule has 1 aromatic heterocycles. The van der Waals surface area contributed by atoms with Gasteiger partial charge in [-0.1, -0.05) is 42.5 Å². The molecule has 0 radical (unpaired) electrons. The van der Waals surface area contributed by atoms with Crippen LogP contribution in [0.15, 0.2) is 86.8 Å². The molecule has 33 heavy (non-hydrogen) atoms. The van der Waals surface area contributed by atoms with Gasteiger partial charge in [0.05, 0.1) is 11.1 Å². The van der Waals surface area contributed by atoms with Crippen molar-refractivity contribution in [3.8, 4) is 11.3 Å². The normalized spacial score (nSPS) is 16.6. The smallest absolute Gasteiger partial charge is 0.335 e. The van der Waals surface area contributed by atoms with Crippen molar-refractivity contribution in [1.29, 1.82) is 5.41 Å². The maximum atomic E-state index is 12.6. The van der Waals surface area contributed by atoms with Crippen LogP contribution in [0, 0.1) is 5.41 Å². The number of nitrogens with one attached hydrogen (secondary N) is 1. The minimum atomic E-state index is -1.00. The van der Waals surface area contributed by atoms with E-state index in [2.05, 4.69) is 10.1 Å². The van der Waals surface area contributed by atoms with E-state index in [9.17, 15) is 9.59 Å². The predicted octanol–water partition coefficient (Wildman–Crippen LogP) is 4.51. The van der Waals surface area contributed by atoms with Gasteiger partial charge in [0.1, 0.15) is 16.6 Å². The third kappa shape index (κ3) is 4.13. The van der Waals surface area contributed by atoms with Gasteiger partial charge in [0.25, 0.3) is 5.91 Å². The van der Waals surface area contributed by atoms with Crippen LogP contribution in [-0.2, 0) is 11.2 Å². The van der Waals surface area contributed by atoms with Crippen LogP contribution < -0.4 is 0 Å². The molecule has 2 aliphatic rings. The number of hydrogen-bond donors (Lipinski definition) is 2. The number of hydrazone groups is 1. The van der Waals surface area contributed by atoms with Crippen LogP contribution >= 0.6 is 11.8 Å². The molecule has 0 bridgehead atoms. The maximum Gasteiger partial charge on any atom is 0.335 e. The van der Waals surface area contributed by atoms with Crippen molar-refractivity contribution >= 4 is 45.8 Å². The summed E-state index contributed by atoms with van der Waals surface area (Å²) in [7, 11) is 0. The highest BCUT2D eigenvalue weighted by molar-refractivity contribution is 8.26. The van der Waals surface area contributed by atoms with E-state index in [0.29, 0.717) is 28.7 Å². The largest absolute Gasteiger partial charge is 0.478 e. The highest BCUT2D eigenvalue weighted by Gasteiger charge is 2.35. The summed E-state index contributed by atoms with van der Waals surface area (Å²) in [5.41, 5.74) is 2.03. The van der Waals surface area contributed by atoms with Crippen molar-refractivity contribution in [2.24, 2.45) is 10.1 Å². The van der Waals surface area contributed by atoms with Gasteiger partial charge < -0.3 is 9.52 Å². The molecular weight excluding hydrogens is 440 g/mol. The van der Waals surface area contributed by atoms with Crippen molar-refractivity contribution in [1.82, 2.24) is 5.01 Å². The fraction of sp³-hybridized carbons (Fsp3) is 0.0417. The van der Waals surface area contributed by atoms with Gasteiger partial charge in [0.2, 0.25) is 5.17 Å². The Hall–Kier alpha value is -4.24. The van der Waals surface area contributed by atoms with Crippen LogP contribution in [0.4, 0.5) is 0 Å². The Bertz CT molecular complexity index is 1370. The number of amides is 1. The molecule has 0 saturated carbocycles. The zero-order valence-electron chi connectivity index (χ0n) is 17.1. The molecule has 8 nitrogen and oxygen atoms in total. The number of carbonyl (C=O) groups excluding carboxylic acids is 1. The third-order valence-electron chi connectivity index (χ3n) is 5.02. The molecular formula is C24H16N4O4S. The minimum absolute atomic E-state index is 0.0654. The number of rotatable bonds is 5. The van der Waals surface area contributed by atoms with Crippen molar-refractivity contribution in [3.63, 3.8) is 0 Å². The topological polar surface area (TPSA) is 119 Å². The number of aromatic carboxylic acids is 1. The molecule has 0 unspecified atom stereocenters. The van der Waals surface area contributed by atoms with Crippen molar-refractivity contribution in [3.05, 3.63) is 89.2 Å². The summed E-state index contributed by atoms with van der Waals surface area (Å²) < 4.78 is 5.80. The number of aliphatic imine (C=N–C) groups is 1. The Morgan fingerprint density at radius 3 is 2.58 bits per heavy atom. The number of carboxylic acid groups (broad SMARTS) is 1. The van der Waals surface area contributed by atoms with Crippen molar-refractivity contribution in [2.45, 2.75) is 6.42 Å². The number of benzene rings is 2. The maximum absolute atomic E-state index is 12.6. The number of thioether (sulfide) groups is 1. The molecule has 2 aromatic carbocycles. The van der Waals surface area contributed by atoms with Gasteiger partial charge in [-0.3, -0.25) is 10.2 Å².